The van der Waals surface area contributed by atoms with Crippen molar-refractivity contribution in [1.29, 1.82) is 0 Å². The van der Waals surface area contributed by atoms with Gasteiger partial charge in [0.1, 0.15) is 40.9 Å². The van der Waals surface area contributed by atoms with E-state index < -0.39 is 71.3 Å². The van der Waals surface area contributed by atoms with Gasteiger partial charge in [-0.25, -0.2) is 4.79 Å². The van der Waals surface area contributed by atoms with E-state index in [0.717, 1.165) is 12.1 Å². The molecule has 1 saturated heterocycles. The van der Waals surface area contributed by atoms with E-state index in [0.29, 0.717) is 5.56 Å². The summed E-state index contributed by atoms with van der Waals surface area (Å²) in [6, 6.07) is 12.0. The highest BCUT2D eigenvalue weighted by atomic mass is 16.7. The van der Waals surface area contributed by atoms with Crippen LogP contribution in [-0.4, -0.2) is 86.1 Å². The maximum Gasteiger partial charge on any atom is 0.331 e. The summed E-state index contributed by atoms with van der Waals surface area (Å²) in [6.07, 6.45) is -6.30. The number of aromatic hydroxyl groups is 4. The molecule has 0 bridgehead atoms. The third-order valence-corrected chi connectivity index (χ3v) is 6.99. The van der Waals surface area contributed by atoms with Crippen LogP contribution in [0.5, 0.6) is 34.5 Å². The Morgan fingerprint density at radius 2 is 1.56 bits per heavy atom. The molecule has 0 spiro atoms. The number of rotatable bonds is 8. The van der Waals surface area contributed by atoms with Crippen LogP contribution < -0.4 is 14.9 Å². The lowest BCUT2D eigenvalue weighted by Crippen LogP contribution is -2.61. The Hall–Kier alpha value is -5.28. The number of benzene rings is 3. The first-order valence-corrected chi connectivity index (χ1v) is 13.4. The molecule has 0 amide bonds. The zero-order valence-corrected chi connectivity index (χ0v) is 23.4. The zero-order valence-electron chi connectivity index (χ0n) is 23.4. The molecule has 1 aromatic heterocycles. The molecular weight excluding hydrogens is 596 g/mol. The Morgan fingerprint density at radius 1 is 0.911 bits per heavy atom. The van der Waals surface area contributed by atoms with E-state index in [4.69, 9.17) is 23.4 Å². The van der Waals surface area contributed by atoms with Crippen LogP contribution in [0.2, 0.25) is 0 Å². The minimum absolute atomic E-state index is 0.0121. The van der Waals surface area contributed by atoms with Gasteiger partial charge in [0.25, 0.3) is 0 Å². The third kappa shape index (κ3) is 6.21. The highest BCUT2D eigenvalue weighted by Gasteiger charge is 2.48. The van der Waals surface area contributed by atoms with Gasteiger partial charge in [0.15, 0.2) is 23.2 Å². The molecule has 1 fully saturated rings. The summed E-state index contributed by atoms with van der Waals surface area (Å²) in [5.74, 6) is -3.58. The lowest BCUT2D eigenvalue weighted by molar-refractivity contribution is -0.281. The first-order chi connectivity index (χ1) is 21.5. The largest absolute Gasteiger partial charge is 0.508 e. The van der Waals surface area contributed by atoms with Gasteiger partial charge in [-0.1, -0.05) is 12.1 Å². The standard InChI is InChI=1S/C31H28O14/c1-41-27-19(36)12-18(35)22-24(39)29(26(44-28(22)27)15-5-9-17(34)10-6-15)45-31-30(25(40)23(38)20(13-32)42-31)43-21(37)11-4-14-2-7-16(33)8-3-14/h2-12,20,23,25,30-36,38,40H,13H2,1H3/b11-4+/t20-,23-,25+,30-,31+/m1/s1. The smallest absolute Gasteiger partial charge is 0.331 e. The number of hydrogen-bond donors (Lipinski definition) is 7. The Morgan fingerprint density at radius 3 is 2.18 bits per heavy atom. The van der Waals surface area contributed by atoms with Crippen molar-refractivity contribution in [1.82, 2.24) is 0 Å². The van der Waals surface area contributed by atoms with Crippen molar-refractivity contribution in [3.8, 4) is 45.8 Å². The monoisotopic (exact) mass is 624 g/mol. The third-order valence-electron chi connectivity index (χ3n) is 6.99. The molecule has 2 heterocycles. The molecule has 0 aliphatic carbocycles. The maximum absolute atomic E-state index is 13.9. The number of aliphatic hydroxyl groups is 3. The van der Waals surface area contributed by atoms with Crippen LogP contribution in [0.3, 0.4) is 0 Å². The van der Waals surface area contributed by atoms with Crippen LogP contribution in [-0.2, 0) is 14.3 Å². The second-order valence-electron chi connectivity index (χ2n) is 9.94. The van der Waals surface area contributed by atoms with E-state index in [-0.39, 0.29) is 34.2 Å². The van der Waals surface area contributed by atoms with E-state index in [1.165, 1.54) is 61.7 Å². The minimum atomic E-state index is -1.87. The van der Waals surface area contributed by atoms with Crippen LogP contribution in [0.4, 0.5) is 0 Å². The summed E-state index contributed by atoms with van der Waals surface area (Å²) < 4.78 is 28.0. The molecule has 4 aromatic rings. The SMILES string of the molecule is COc1c(O)cc(O)c2c(=O)c(O[C@@H]3O[C@H](CO)[C@@H](O)[C@H](O)[C@H]3OC(=O)/C=C/c3ccc(O)cc3)c(-c3ccc(O)cc3)oc12. The number of hydrogen-bond acceptors (Lipinski definition) is 14. The number of carbonyl (C=O) groups excluding carboxylic acids is 1. The molecule has 0 radical (unpaired) electrons. The van der Waals surface area contributed by atoms with E-state index in [9.17, 15) is 45.3 Å². The normalized spacial score (nSPS) is 21.6. The van der Waals surface area contributed by atoms with Crippen molar-refractivity contribution in [3.05, 3.63) is 76.5 Å². The molecule has 5 rings (SSSR count). The number of esters is 1. The highest BCUT2D eigenvalue weighted by Crippen LogP contribution is 2.43. The second-order valence-corrected chi connectivity index (χ2v) is 9.94. The number of fused-ring (bicyclic) bond motifs is 1. The first-order valence-electron chi connectivity index (χ1n) is 13.4. The summed E-state index contributed by atoms with van der Waals surface area (Å²) in [7, 11) is 1.20. The van der Waals surface area contributed by atoms with Crippen LogP contribution in [0.15, 0.2) is 69.9 Å². The van der Waals surface area contributed by atoms with Crippen molar-refractivity contribution in [2.45, 2.75) is 30.7 Å². The van der Waals surface area contributed by atoms with Gasteiger partial charge in [-0.3, -0.25) is 4.79 Å². The van der Waals surface area contributed by atoms with Crippen LogP contribution in [0, 0.1) is 0 Å². The molecule has 7 N–H and O–H groups in total. The Balaban J connectivity index is 1.59. The Labute approximate surface area is 253 Å². The van der Waals surface area contributed by atoms with Gasteiger partial charge in [-0.05, 0) is 48.0 Å². The van der Waals surface area contributed by atoms with Gasteiger partial charge >= 0.3 is 5.97 Å². The summed E-state index contributed by atoms with van der Waals surface area (Å²) in [5, 5.41) is 70.8. The molecule has 1 aliphatic heterocycles. The number of phenols is 4. The van der Waals surface area contributed by atoms with Gasteiger partial charge in [0.2, 0.25) is 23.2 Å². The second kappa shape index (κ2) is 12.8. The fourth-order valence-electron chi connectivity index (χ4n) is 4.72. The molecule has 14 nitrogen and oxygen atoms in total. The van der Waals surface area contributed by atoms with E-state index in [2.05, 4.69) is 0 Å². The number of phenolic OH excluding ortho intramolecular Hbond substituents is 4. The fraction of sp³-hybridized carbons (Fsp3) is 0.226. The zero-order chi connectivity index (χ0) is 32.4. The number of aliphatic hydroxyl groups excluding tert-OH is 3. The van der Waals surface area contributed by atoms with Crippen molar-refractivity contribution >= 4 is 23.0 Å². The van der Waals surface area contributed by atoms with Crippen molar-refractivity contribution in [2.24, 2.45) is 0 Å². The van der Waals surface area contributed by atoms with Crippen molar-refractivity contribution in [2.75, 3.05) is 13.7 Å². The minimum Gasteiger partial charge on any atom is -0.508 e. The topological polar surface area (TPSA) is 226 Å². The lowest BCUT2D eigenvalue weighted by atomic mass is 9.99. The van der Waals surface area contributed by atoms with Gasteiger partial charge in [0, 0.05) is 17.7 Å². The number of methoxy groups -OCH3 is 1. The Bertz CT molecular complexity index is 1780. The quantitative estimate of drug-likeness (QED) is 0.110. The molecule has 0 saturated carbocycles. The van der Waals surface area contributed by atoms with E-state index in [1.54, 1.807) is 0 Å². The van der Waals surface area contributed by atoms with Crippen molar-refractivity contribution < 1.29 is 63.9 Å². The van der Waals surface area contributed by atoms with E-state index >= 15 is 0 Å². The summed E-state index contributed by atoms with van der Waals surface area (Å²) in [4.78, 5) is 26.7. The average molecular weight is 625 g/mol. The summed E-state index contributed by atoms with van der Waals surface area (Å²) in [5.41, 5.74) is -0.678. The molecule has 236 valence electrons. The maximum atomic E-state index is 13.9. The number of ether oxygens (including phenoxy) is 4. The van der Waals surface area contributed by atoms with Crippen molar-refractivity contribution in [3.63, 3.8) is 0 Å². The number of carbonyl (C=O) groups is 1. The van der Waals surface area contributed by atoms with E-state index in [1.807, 2.05) is 0 Å². The molecular formula is C31H28O14. The van der Waals surface area contributed by atoms with Gasteiger partial charge in [-0.15, -0.1) is 0 Å². The Kier molecular flexibility index (Phi) is 8.83. The van der Waals surface area contributed by atoms with Crippen LogP contribution in [0.1, 0.15) is 5.56 Å². The highest BCUT2D eigenvalue weighted by molar-refractivity contribution is 5.93. The molecule has 3 aromatic carbocycles. The van der Waals surface area contributed by atoms with Crippen LogP contribution >= 0.6 is 0 Å². The predicted molar refractivity (Wildman–Crippen MR) is 155 cm³/mol. The molecule has 45 heavy (non-hydrogen) atoms. The summed E-state index contributed by atoms with van der Waals surface area (Å²) in [6.45, 7) is -0.798. The molecule has 0 unspecified atom stereocenters. The first kappa shape index (κ1) is 31.2. The fourth-order valence-corrected chi connectivity index (χ4v) is 4.72. The summed E-state index contributed by atoms with van der Waals surface area (Å²) >= 11 is 0. The van der Waals surface area contributed by atoms with Crippen LogP contribution in [0.25, 0.3) is 28.4 Å². The molecule has 1 aliphatic rings. The molecule has 14 heteroatoms. The predicted octanol–water partition coefficient (Wildman–Crippen LogP) is 1.73. The molecule has 5 atom stereocenters. The van der Waals surface area contributed by atoms with Gasteiger partial charge in [0.05, 0.1) is 13.7 Å². The lowest BCUT2D eigenvalue weighted by Gasteiger charge is -2.41. The average Bonchev–Trinajstić information content (AvgIpc) is 3.01. The van der Waals surface area contributed by atoms with Gasteiger partial charge in [-0.2, -0.15) is 0 Å². The van der Waals surface area contributed by atoms with Gasteiger partial charge < -0.3 is 59.1 Å².